The number of carbonyl (C=O) groups is 1. The molecule has 0 radical (unpaired) electrons. The molecular weight excluding hydrogens is 404 g/mol. The summed E-state index contributed by atoms with van der Waals surface area (Å²) in [6, 6.07) is -0.638. The van der Waals surface area contributed by atoms with E-state index in [1.807, 2.05) is 0 Å². The molecule has 0 aromatic rings. The van der Waals surface area contributed by atoms with E-state index in [1.165, 1.54) is 0 Å². The quantitative estimate of drug-likeness (QED) is 0.399. The van der Waals surface area contributed by atoms with Crippen molar-refractivity contribution < 1.29 is 21.6 Å². The summed E-state index contributed by atoms with van der Waals surface area (Å²) in [4.78, 5) is 12.7. The summed E-state index contributed by atoms with van der Waals surface area (Å²) in [6.07, 6.45) is 0.895. The highest BCUT2D eigenvalue weighted by atomic mass is 32.2. The molecule has 0 aromatic heterocycles. The van der Waals surface area contributed by atoms with E-state index in [9.17, 15) is 21.6 Å². The predicted molar refractivity (Wildman–Crippen MR) is 110 cm³/mol. The van der Waals surface area contributed by atoms with Crippen molar-refractivity contribution in [3.05, 3.63) is 0 Å². The van der Waals surface area contributed by atoms with Gasteiger partial charge in [0.2, 0.25) is 0 Å². The Labute approximate surface area is 167 Å². The summed E-state index contributed by atoms with van der Waals surface area (Å²) in [5.41, 5.74) is 1.47. The van der Waals surface area contributed by atoms with Crippen LogP contribution in [0.3, 0.4) is 0 Å². The summed E-state index contributed by atoms with van der Waals surface area (Å²) in [6.45, 7) is 7.12. The van der Waals surface area contributed by atoms with Crippen molar-refractivity contribution >= 4 is 36.9 Å². The van der Waals surface area contributed by atoms with Gasteiger partial charge in [-0.05, 0) is 40.5 Å². The van der Waals surface area contributed by atoms with Gasteiger partial charge in [0, 0.05) is 11.4 Å². The molecule has 0 unspecified atom stereocenters. The Hall–Kier alpha value is -1.49. The zero-order valence-electron chi connectivity index (χ0n) is 17.0. The molecule has 9 nitrogen and oxygen atoms in total. The maximum atomic E-state index is 12.7. The Kier molecular flexibility index (Phi) is 7.24. The lowest BCUT2D eigenvalue weighted by molar-refractivity contribution is -0.122. The topological polar surface area (TPSA) is 117 Å². The van der Waals surface area contributed by atoms with Gasteiger partial charge in [-0.1, -0.05) is 0 Å². The molecule has 11 heteroatoms. The van der Waals surface area contributed by atoms with Crippen LogP contribution in [0.15, 0.2) is 10.2 Å². The normalized spacial score (nSPS) is 25.1. The second-order valence-electron chi connectivity index (χ2n) is 7.94. The third-order valence-corrected chi connectivity index (χ3v) is 8.09. The van der Waals surface area contributed by atoms with Crippen LogP contribution in [0.5, 0.6) is 0 Å². The molecule has 0 N–H and O–H groups in total. The molecule has 2 atom stereocenters. The van der Waals surface area contributed by atoms with Crippen molar-refractivity contribution in [2.45, 2.75) is 52.6 Å². The molecule has 2 aliphatic rings. The van der Waals surface area contributed by atoms with Crippen LogP contribution >= 0.6 is 0 Å². The fourth-order valence-corrected chi connectivity index (χ4v) is 6.88. The summed E-state index contributed by atoms with van der Waals surface area (Å²) in [5, 5.41) is 11.9. The van der Waals surface area contributed by atoms with Crippen LogP contribution < -0.4 is 0 Å². The molecule has 2 heterocycles. The SMILES string of the molecule is CC(C)=NN(CC(=O)CN(N=C(C)C)[C@@H]1CCS(=O)(=O)C1)[C@@H]1CCS(=O)(=O)C1. The molecule has 0 aliphatic carbocycles. The monoisotopic (exact) mass is 434 g/mol. The molecular formula is C17H30N4O5S2. The first kappa shape index (κ1) is 22.8. The minimum Gasteiger partial charge on any atom is -0.296 e. The molecule has 0 bridgehead atoms. The average Bonchev–Trinajstić information content (AvgIpc) is 3.07. The molecule has 0 amide bonds. The predicted octanol–water partition coefficient (Wildman–Crippen LogP) is 0.325. The number of hydrogen-bond donors (Lipinski definition) is 0. The van der Waals surface area contributed by atoms with Gasteiger partial charge >= 0.3 is 0 Å². The first-order chi connectivity index (χ1) is 12.9. The van der Waals surface area contributed by atoms with Gasteiger partial charge in [-0.3, -0.25) is 14.8 Å². The fraction of sp³-hybridized carbons (Fsp3) is 0.824. The molecule has 0 saturated carbocycles. The standard InChI is InChI=1S/C17H30N4O5S2/c1-13(2)18-20(15-5-7-27(23,24)11-15)9-17(22)10-21(19-14(3)4)16-6-8-28(25,26)12-16/h15-16H,5-12H2,1-4H3/t15-,16-/m1/s1. The largest absolute Gasteiger partial charge is 0.296 e. The number of sulfone groups is 2. The molecule has 160 valence electrons. The Balaban J connectivity index is 2.10. The summed E-state index contributed by atoms with van der Waals surface area (Å²) in [5.74, 6) is 0.0170. The van der Waals surface area contributed by atoms with Crippen LogP contribution in [0, 0.1) is 0 Å². The number of rotatable bonds is 8. The zero-order chi connectivity index (χ0) is 21.1. The van der Waals surface area contributed by atoms with E-state index in [4.69, 9.17) is 0 Å². The smallest absolute Gasteiger partial charge is 0.174 e. The highest BCUT2D eigenvalue weighted by molar-refractivity contribution is 7.91. The van der Waals surface area contributed by atoms with Crippen molar-refractivity contribution in [1.29, 1.82) is 0 Å². The van der Waals surface area contributed by atoms with Gasteiger partial charge in [0.1, 0.15) is 0 Å². The van der Waals surface area contributed by atoms with Crippen LogP contribution in [-0.4, -0.2) is 92.2 Å². The van der Waals surface area contributed by atoms with Crippen molar-refractivity contribution in [2.75, 3.05) is 36.1 Å². The number of hydrazone groups is 2. The Morgan fingerprint density at radius 3 is 1.39 bits per heavy atom. The average molecular weight is 435 g/mol. The number of ketones is 1. The summed E-state index contributed by atoms with van der Waals surface area (Å²) in [7, 11) is -6.20. The molecule has 2 aliphatic heterocycles. The molecule has 2 saturated heterocycles. The zero-order valence-corrected chi connectivity index (χ0v) is 18.6. The Bertz CT molecular complexity index is 786. The van der Waals surface area contributed by atoms with Gasteiger partial charge in [-0.25, -0.2) is 16.8 Å². The highest BCUT2D eigenvalue weighted by Crippen LogP contribution is 2.20. The van der Waals surface area contributed by atoms with Gasteiger partial charge in [-0.2, -0.15) is 10.2 Å². The Morgan fingerprint density at radius 2 is 1.14 bits per heavy atom. The number of hydrogen-bond acceptors (Lipinski definition) is 9. The number of Topliss-reactive ketones (excluding diaryl/α,β-unsaturated/α-hetero) is 1. The third-order valence-electron chi connectivity index (χ3n) is 4.59. The lowest BCUT2D eigenvalue weighted by Gasteiger charge is -2.28. The number of carbonyl (C=O) groups excluding carboxylic acids is 1. The fourth-order valence-electron chi connectivity index (χ4n) is 3.44. The van der Waals surface area contributed by atoms with Gasteiger partial charge in [-0.15, -0.1) is 0 Å². The van der Waals surface area contributed by atoms with Crippen LogP contribution in [0.25, 0.3) is 0 Å². The van der Waals surface area contributed by atoms with E-state index >= 15 is 0 Å². The van der Waals surface area contributed by atoms with Crippen molar-refractivity contribution in [3.63, 3.8) is 0 Å². The highest BCUT2D eigenvalue weighted by Gasteiger charge is 2.35. The van der Waals surface area contributed by atoms with E-state index in [0.717, 1.165) is 11.4 Å². The lowest BCUT2D eigenvalue weighted by Crippen LogP contribution is -2.42. The number of nitrogens with zero attached hydrogens (tertiary/aromatic N) is 4. The maximum absolute atomic E-state index is 12.7. The van der Waals surface area contributed by atoms with Gasteiger partial charge in [0.05, 0.1) is 48.2 Å². The summed E-state index contributed by atoms with van der Waals surface area (Å²) >= 11 is 0. The third kappa shape index (κ3) is 6.84. The second-order valence-corrected chi connectivity index (χ2v) is 12.4. The van der Waals surface area contributed by atoms with Crippen molar-refractivity contribution in [1.82, 2.24) is 10.0 Å². The van der Waals surface area contributed by atoms with Crippen LogP contribution in [0.4, 0.5) is 0 Å². The first-order valence-corrected chi connectivity index (χ1v) is 13.0. The molecule has 0 spiro atoms. The van der Waals surface area contributed by atoms with Crippen molar-refractivity contribution in [2.24, 2.45) is 10.2 Å². The van der Waals surface area contributed by atoms with E-state index in [-0.39, 0.29) is 54.0 Å². The minimum atomic E-state index is -3.10. The van der Waals surface area contributed by atoms with Gasteiger partial charge in [0.25, 0.3) is 0 Å². The minimum absolute atomic E-state index is 0.00609. The second kappa shape index (κ2) is 8.89. The van der Waals surface area contributed by atoms with Crippen molar-refractivity contribution in [3.8, 4) is 0 Å². The van der Waals surface area contributed by atoms with Crippen LogP contribution in [0.2, 0.25) is 0 Å². The van der Waals surface area contributed by atoms with Gasteiger partial charge < -0.3 is 0 Å². The first-order valence-electron chi connectivity index (χ1n) is 9.36. The van der Waals surface area contributed by atoms with E-state index < -0.39 is 19.7 Å². The Morgan fingerprint density at radius 1 is 0.786 bits per heavy atom. The van der Waals surface area contributed by atoms with E-state index in [0.29, 0.717) is 12.8 Å². The molecule has 2 fully saturated rings. The van der Waals surface area contributed by atoms with Gasteiger partial charge in [0.15, 0.2) is 25.5 Å². The molecule has 0 aromatic carbocycles. The van der Waals surface area contributed by atoms with Crippen LogP contribution in [-0.2, 0) is 24.5 Å². The van der Waals surface area contributed by atoms with E-state index in [2.05, 4.69) is 10.2 Å². The lowest BCUT2D eigenvalue weighted by atomic mass is 10.2. The maximum Gasteiger partial charge on any atom is 0.174 e. The van der Waals surface area contributed by atoms with Crippen LogP contribution in [0.1, 0.15) is 40.5 Å². The van der Waals surface area contributed by atoms with E-state index in [1.54, 1.807) is 37.7 Å². The summed E-state index contributed by atoms with van der Waals surface area (Å²) < 4.78 is 47.2. The molecule has 2 rings (SSSR count). The molecule has 28 heavy (non-hydrogen) atoms.